The standard InChI is InChI=1S/K.Ni.H2O4S.H/c;;1-5(2,3)4;/h;;(H2,1,2,3,4);. The fraction of sp³-hybridized carbons (Fsp3) is 0. The third-order valence-corrected chi connectivity index (χ3v) is 0. The van der Waals surface area contributed by atoms with Crippen LogP contribution in [0.3, 0.4) is 0 Å². The molecule has 7 heteroatoms. The predicted molar refractivity (Wildman–Crippen MR) is 21.3 cm³/mol. The Morgan fingerprint density at radius 3 is 1.14 bits per heavy atom. The van der Waals surface area contributed by atoms with Crippen molar-refractivity contribution in [2.24, 2.45) is 0 Å². The number of hydrogen-bond acceptors (Lipinski definition) is 2. The van der Waals surface area contributed by atoms with Crippen LogP contribution in [0, 0.1) is 0 Å². The van der Waals surface area contributed by atoms with Gasteiger partial charge >= 0.3 is 61.8 Å². The first-order chi connectivity index (χ1) is 2.00. The molecule has 4 nitrogen and oxygen atoms in total. The van der Waals surface area contributed by atoms with Gasteiger partial charge in [-0.15, -0.1) is 0 Å². The molecule has 0 aromatic heterocycles. The van der Waals surface area contributed by atoms with Gasteiger partial charge in [-0.1, -0.05) is 0 Å². The first-order valence-corrected chi connectivity index (χ1v) is 2.10. The van der Waals surface area contributed by atoms with Crippen LogP contribution in [0.15, 0.2) is 0 Å². The van der Waals surface area contributed by atoms with Crippen LogP contribution < -0.4 is 0 Å². The molecule has 0 heterocycles. The topological polar surface area (TPSA) is 74.6 Å². The average molecular weight is 197 g/mol. The van der Waals surface area contributed by atoms with E-state index in [9.17, 15) is 0 Å². The fourth-order valence-corrected chi connectivity index (χ4v) is 0. The number of rotatable bonds is 0. The second-order valence-electron chi connectivity index (χ2n) is 0.448. The molecule has 0 unspecified atom stereocenters. The van der Waals surface area contributed by atoms with Crippen molar-refractivity contribution < 1.29 is 34.0 Å². The number of hydrogen-bond donors (Lipinski definition) is 2. The van der Waals surface area contributed by atoms with Gasteiger partial charge in [0.25, 0.3) is 0 Å². The molecule has 0 aromatic carbocycles. The Morgan fingerprint density at radius 2 is 1.14 bits per heavy atom. The van der Waals surface area contributed by atoms with Crippen molar-refractivity contribution >= 4 is 61.8 Å². The van der Waals surface area contributed by atoms with E-state index >= 15 is 0 Å². The van der Waals surface area contributed by atoms with Gasteiger partial charge in [-0.25, -0.2) is 0 Å². The monoisotopic (exact) mass is 196 g/mol. The molecule has 0 aliphatic rings. The van der Waals surface area contributed by atoms with Crippen LogP contribution in [-0.2, 0) is 26.9 Å². The van der Waals surface area contributed by atoms with E-state index in [1.807, 2.05) is 0 Å². The van der Waals surface area contributed by atoms with Gasteiger partial charge in [0.2, 0.25) is 0 Å². The maximum Gasteiger partial charge on any atom is 0 e. The SMILES string of the molecule is O=S(=O)(O)O.[KH].[Ni]. The Bertz CT molecular complexity index is 94.9. The predicted octanol–water partition coefficient (Wildman–Crippen LogP) is -1.30. The second kappa shape index (κ2) is 6.12. The first kappa shape index (κ1) is 16.0. The van der Waals surface area contributed by atoms with Crippen molar-refractivity contribution in [3.8, 4) is 0 Å². The molecule has 0 aliphatic heterocycles. The van der Waals surface area contributed by atoms with Gasteiger partial charge in [0.05, 0.1) is 0 Å². The second-order valence-corrected chi connectivity index (χ2v) is 1.34. The molecule has 0 fully saturated rings. The van der Waals surface area contributed by atoms with E-state index in [1.165, 1.54) is 0 Å². The molecule has 7 heavy (non-hydrogen) atoms. The summed E-state index contributed by atoms with van der Waals surface area (Å²) < 4.78 is 31.6. The maximum atomic E-state index is 8.74. The van der Waals surface area contributed by atoms with Crippen LogP contribution in [0.4, 0.5) is 0 Å². The molecule has 0 atom stereocenters. The molecule has 0 radical (unpaired) electrons. The maximum absolute atomic E-state index is 8.74. The van der Waals surface area contributed by atoms with Crippen molar-refractivity contribution in [3.05, 3.63) is 0 Å². The zero-order valence-electron chi connectivity index (χ0n) is 2.44. The minimum absolute atomic E-state index is 0. The van der Waals surface area contributed by atoms with Crippen LogP contribution in [0.1, 0.15) is 0 Å². The molecule has 0 aliphatic carbocycles. The van der Waals surface area contributed by atoms with E-state index < -0.39 is 10.4 Å². The molecule has 0 spiro atoms. The smallest absolute Gasteiger partial charge is 0 e. The Morgan fingerprint density at radius 1 is 1.14 bits per heavy atom. The third kappa shape index (κ3) is 72.0. The molecule has 0 aromatic rings. The van der Waals surface area contributed by atoms with E-state index in [1.54, 1.807) is 0 Å². The third-order valence-electron chi connectivity index (χ3n) is 0. The first-order valence-electron chi connectivity index (χ1n) is 0.698. The van der Waals surface area contributed by atoms with Crippen molar-refractivity contribution in [2.45, 2.75) is 0 Å². The molecule has 0 rings (SSSR count). The molecule has 2 N–H and O–H groups in total. The van der Waals surface area contributed by atoms with Gasteiger partial charge in [-0.3, -0.25) is 9.11 Å². The Balaban J connectivity index is -0.0000000800. The Hall–Kier alpha value is 2.00. The molecule has 0 amide bonds. The van der Waals surface area contributed by atoms with Crippen molar-refractivity contribution in [1.82, 2.24) is 0 Å². The summed E-state index contributed by atoms with van der Waals surface area (Å²) >= 11 is 0. The minimum atomic E-state index is -4.67. The van der Waals surface area contributed by atoms with E-state index in [2.05, 4.69) is 0 Å². The minimum Gasteiger partial charge on any atom is 0 e. The summed E-state index contributed by atoms with van der Waals surface area (Å²) in [6.07, 6.45) is 0. The molecular weight excluding hydrogens is 194 g/mol. The van der Waals surface area contributed by atoms with Crippen LogP contribution in [0.25, 0.3) is 0 Å². The van der Waals surface area contributed by atoms with E-state index in [-0.39, 0.29) is 67.9 Å². The van der Waals surface area contributed by atoms with E-state index in [4.69, 9.17) is 17.5 Å². The van der Waals surface area contributed by atoms with Crippen LogP contribution in [0.5, 0.6) is 0 Å². The van der Waals surface area contributed by atoms with Crippen molar-refractivity contribution in [2.75, 3.05) is 0 Å². The molecule has 44 valence electrons. The molecular formula is H3KNiO4S. The largest absolute Gasteiger partial charge is 0 e. The van der Waals surface area contributed by atoms with Crippen LogP contribution in [-0.4, -0.2) is 68.9 Å². The Kier molecular flexibility index (Phi) is 14.0. The van der Waals surface area contributed by atoms with Gasteiger partial charge in [-0.05, 0) is 0 Å². The Labute approximate surface area is 94.0 Å². The van der Waals surface area contributed by atoms with Crippen molar-refractivity contribution in [1.29, 1.82) is 0 Å². The molecule has 0 saturated carbocycles. The van der Waals surface area contributed by atoms with Crippen molar-refractivity contribution in [3.63, 3.8) is 0 Å². The quantitative estimate of drug-likeness (QED) is 0.373. The fourth-order valence-electron chi connectivity index (χ4n) is 0. The summed E-state index contributed by atoms with van der Waals surface area (Å²) in [7, 11) is -4.67. The van der Waals surface area contributed by atoms with E-state index in [0.717, 1.165) is 0 Å². The van der Waals surface area contributed by atoms with Gasteiger partial charge in [0, 0.05) is 16.5 Å². The van der Waals surface area contributed by atoms with Gasteiger partial charge in [-0.2, -0.15) is 8.42 Å². The van der Waals surface area contributed by atoms with Gasteiger partial charge in [0.15, 0.2) is 0 Å². The van der Waals surface area contributed by atoms with Crippen LogP contribution in [0.2, 0.25) is 0 Å². The molecule has 0 bridgehead atoms. The molecule has 0 saturated heterocycles. The van der Waals surface area contributed by atoms with Gasteiger partial charge in [0.1, 0.15) is 0 Å². The van der Waals surface area contributed by atoms with E-state index in [0.29, 0.717) is 0 Å². The summed E-state index contributed by atoms with van der Waals surface area (Å²) in [5, 5.41) is 0. The normalized spacial score (nSPS) is 8.29. The van der Waals surface area contributed by atoms with Gasteiger partial charge < -0.3 is 0 Å². The summed E-state index contributed by atoms with van der Waals surface area (Å²) in [6.45, 7) is 0. The van der Waals surface area contributed by atoms with Crippen LogP contribution >= 0.6 is 0 Å². The summed E-state index contributed by atoms with van der Waals surface area (Å²) in [4.78, 5) is 0. The zero-order valence-corrected chi connectivity index (χ0v) is 4.24. The average Bonchev–Trinajstić information content (AvgIpc) is 0.722. The zero-order chi connectivity index (χ0) is 4.50. The summed E-state index contributed by atoms with van der Waals surface area (Å²) in [6, 6.07) is 0. The summed E-state index contributed by atoms with van der Waals surface area (Å²) in [5.41, 5.74) is 0. The summed E-state index contributed by atoms with van der Waals surface area (Å²) in [5.74, 6) is 0.